The summed E-state index contributed by atoms with van der Waals surface area (Å²) < 4.78 is 0. The second-order valence-electron chi connectivity index (χ2n) is 3.71. The number of hydrogen-bond donors (Lipinski definition) is 3. The average Bonchev–Trinajstić information content (AvgIpc) is 2.28. The van der Waals surface area contributed by atoms with Gasteiger partial charge in [0, 0.05) is 16.3 Å². The second kappa shape index (κ2) is 3.35. The topological polar surface area (TPSA) is 64.1 Å². The van der Waals surface area contributed by atoms with E-state index in [0.717, 1.165) is 32.5 Å². The lowest BCUT2D eigenvalue weighted by Gasteiger charge is -2.22. The van der Waals surface area contributed by atoms with Crippen LogP contribution in [0.2, 0.25) is 0 Å². The van der Waals surface area contributed by atoms with Crippen molar-refractivity contribution < 1.29 is 0 Å². The van der Waals surface area contributed by atoms with Gasteiger partial charge in [0.2, 0.25) is 0 Å². The Hall–Kier alpha value is -1.81. The van der Waals surface area contributed by atoms with Crippen molar-refractivity contribution in [1.82, 2.24) is 0 Å². The predicted molar refractivity (Wildman–Crippen MR) is 69.1 cm³/mol. The molecule has 0 aliphatic carbocycles. The maximum absolute atomic E-state index is 5.94. The third kappa shape index (κ3) is 1.39. The van der Waals surface area contributed by atoms with Crippen molar-refractivity contribution in [3.8, 4) is 0 Å². The fraction of sp³-hybridized carbons (Fsp3) is 0. The van der Waals surface area contributed by atoms with Gasteiger partial charge in [0.25, 0.3) is 0 Å². The zero-order valence-electron chi connectivity index (χ0n) is 8.53. The Balaban J connectivity index is 2.13. The number of fused-ring (bicyclic) bond motifs is 2. The number of nitrogens with one attached hydrogen (secondary N) is 1. The second-order valence-corrected chi connectivity index (χ2v) is 4.76. The maximum Gasteiger partial charge on any atom is 0.0587 e. The van der Waals surface area contributed by atoms with Crippen LogP contribution in [0.1, 0.15) is 0 Å². The van der Waals surface area contributed by atoms with E-state index < -0.39 is 0 Å². The van der Waals surface area contributed by atoms with Crippen LogP contribution in [0.15, 0.2) is 46.2 Å². The van der Waals surface area contributed by atoms with Crippen molar-refractivity contribution in [2.75, 3.05) is 16.8 Å². The molecule has 2 aromatic rings. The molecule has 2 aromatic carbocycles. The molecule has 0 radical (unpaired) electrons. The van der Waals surface area contributed by atoms with Crippen LogP contribution in [-0.4, -0.2) is 0 Å². The summed E-state index contributed by atoms with van der Waals surface area (Å²) in [5.74, 6) is 0. The molecule has 5 N–H and O–H groups in total. The largest absolute Gasteiger partial charge is 0.399 e. The van der Waals surface area contributed by atoms with Crippen LogP contribution in [0, 0.1) is 0 Å². The summed E-state index contributed by atoms with van der Waals surface area (Å²) >= 11 is 1.66. The standard InChI is InChI=1S/C12H11N3S/c13-7-4-5-9-11(6-7)16-12-8(14)2-1-3-10(12)15-9/h1-6,15H,13-14H2. The quantitative estimate of drug-likeness (QED) is 0.518. The number of benzene rings is 2. The summed E-state index contributed by atoms with van der Waals surface area (Å²) in [6.45, 7) is 0. The molecular weight excluding hydrogens is 218 g/mol. The molecule has 0 spiro atoms. The van der Waals surface area contributed by atoms with E-state index in [1.165, 1.54) is 0 Å². The lowest BCUT2D eigenvalue weighted by molar-refractivity contribution is 1.32. The molecule has 0 saturated carbocycles. The van der Waals surface area contributed by atoms with Gasteiger partial charge in [-0.05, 0) is 30.3 Å². The Morgan fingerprint density at radius 3 is 2.75 bits per heavy atom. The molecule has 16 heavy (non-hydrogen) atoms. The molecular formula is C12H11N3S. The minimum Gasteiger partial charge on any atom is -0.399 e. The summed E-state index contributed by atoms with van der Waals surface area (Å²) in [5, 5.41) is 3.35. The van der Waals surface area contributed by atoms with Gasteiger partial charge in [0.05, 0.1) is 16.3 Å². The van der Waals surface area contributed by atoms with Crippen molar-refractivity contribution in [2.45, 2.75) is 9.79 Å². The third-order valence-corrected chi connectivity index (χ3v) is 3.75. The molecule has 0 fully saturated rings. The first-order chi connectivity index (χ1) is 7.74. The zero-order valence-corrected chi connectivity index (χ0v) is 9.34. The first-order valence-corrected chi connectivity index (χ1v) is 5.78. The Morgan fingerprint density at radius 1 is 1.00 bits per heavy atom. The molecule has 1 aliphatic rings. The van der Waals surface area contributed by atoms with Gasteiger partial charge in [0.1, 0.15) is 0 Å². The monoisotopic (exact) mass is 229 g/mol. The predicted octanol–water partition coefficient (Wildman–Crippen LogP) is 3.06. The summed E-state index contributed by atoms with van der Waals surface area (Å²) in [4.78, 5) is 2.19. The molecule has 0 amide bonds. The van der Waals surface area contributed by atoms with E-state index in [4.69, 9.17) is 11.5 Å². The highest BCUT2D eigenvalue weighted by atomic mass is 32.2. The van der Waals surface area contributed by atoms with E-state index in [1.807, 2.05) is 36.4 Å². The Labute approximate surface area is 97.8 Å². The lowest BCUT2D eigenvalue weighted by Crippen LogP contribution is -2.02. The molecule has 0 bridgehead atoms. The van der Waals surface area contributed by atoms with Crippen LogP contribution in [0.25, 0.3) is 0 Å². The fourth-order valence-corrected chi connectivity index (χ4v) is 2.81. The highest BCUT2D eigenvalue weighted by molar-refractivity contribution is 8.00. The summed E-state index contributed by atoms with van der Waals surface area (Å²) in [6.07, 6.45) is 0. The minimum absolute atomic E-state index is 0.769. The van der Waals surface area contributed by atoms with Crippen molar-refractivity contribution in [3.63, 3.8) is 0 Å². The average molecular weight is 229 g/mol. The molecule has 0 unspecified atom stereocenters. The van der Waals surface area contributed by atoms with E-state index in [0.29, 0.717) is 0 Å². The minimum atomic E-state index is 0.769. The first kappa shape index (κ1) is 9.42. The maximum atomic E-state index is 5.94. The number of nitrogen functional groups attached to an aromatic ring is 2. The van der Waals surface area contributed by atoms with Crippen molar-refractivity contribution >= 4 is 34.5 Å². The van der Waals surface area contributed by atoms with Crippen LogP contribution in [0.5, 0.6) is 0 Å². The van der Waals surface area contributed by atoms with E-state index >= 15 is 0 Å². The van der Waals surface area contributed by atoms with Gasteiger partial charge in [-0.2, -0.15) is 0 Å². The Bertz CT molecular complexity index is 566. The Morgan fingerprint density at radius 2 is 1.88 bits per heavy atom. The van der Waals surface area contributed by atoms with Gasteiger partial charge in [-0.3, -0.25) is 0 Å². The summed E-state index contributed by atoms with van der Waals surface area (Å²) in [6, 6.07) is 11.7. The molecule has 4 heteroatoms. The van der Waals surface area contributed by atoms with Gasteiger partial charge in [-0.15, -0.1) is 0 Å². The number of rotatable bonds is 0. The van der Waals surface area contributed by atoms with E-state index in [-0.39, 0.29) is 0 Å². The number of anilines is 4. The van der Waals surface area contributed by atoms with Crippen LogP contribution in [0.4, 0.5) is 22.7 Å². The molecule has 0 saturated heterocycles. The van der Waals surface area contributed by atoms with Crippen LogP contribution < -0.4 is 16.8 Å². The van der Waals surface area contributed by atoms with Gasteiger partial charge in [-0.25, -0.2) is 0 Å². The van der Waals surface area contributed by atoms with E-state index in [2.05, 4.69) is 5.32 Å². The van der Waals surface area contributed by atoms with Crippen LogP contribution >= 0.6 is 11.8 Å². The van der Waals surface area contributed by atoms with Crippen LogP contribution in [0.3, 0.4) is 0 Å². The molecule has 0 atom stereocenters. The molecule has 1 heterocycles. The van der Waals surface area contributed by atoms with Gasteiger partial charge in [0.15, 0.2) is 0 Å². The SMILES string of the molecule is Nc1ccc2c(c1)Sc1c(N)cccc1N2. The molecule has 80 valence electrons. The lowest BCUT2D eigenvalue weighted by atomic mass is 10.2. The smallest absolute Gasteiger partial charge is 0.0587 e. The zero-order chi connectivity index (χ0) is 11.1. The number of hydrogen-bond acceptors (Lipinski definition) is 4. The molecule has 3 rings (SSSR count). The van der Waals surface area contributed by atoms with E-state index in [9.17, 15) is 0 Å². The fourth-order valence-electron chi connectivity index (χ4n) is 1.75. The normalized spacial score (nSPS) is 12.5. The molecule has 1 aliphatic heterocycles. The highest BCUT2D eigenvalue weighted by Gasteiger charge is 2.17. The number of nitrogens with two attached hydrogens (primary N) is 2. The first-order valence-electron chi connectivity index (χ1n) is 4.97. The van der Waals surface area contributed by atoms with Crippen molar-refractivity contribution in [2.24, 2.45) is 0 Å². The van der Waals surface area contributed by atoms with Gasteiger partial charge in [-0.1, -0.05) is 17.8 Å². The van der Waals surface area contributed by atoms with Gasteiger partial charge >= 0.3 is 0 Å². The molecule has 3 nitrogen and oxygen atoms in total. The highest BCUT2D eigenvalue weighted by Crippen LogP contribution is 2.47. The van der Waals surface area contributed by atoms with E-state index in [1.54, 1.807) is 11.8 Å². The van der Waals surface area contributed by atoms with Crippen LogP contribution in [-0.2, 0) is 0 Å². The summed E-state index contributed by atoms with van der Waals surface area (Å²) in [7, 11) is 0. The summed E-state index contributed by atoms with van der Waals surface area (Å²) in [5.41, 5.74) is 15.4. The van der Waals surface area contributed by atoms with Gasteiger partial charge < -0.3 is 16.8 Å². The van der Waals surface area contributed by atoms with Crippen molar-refractivity contribution in [1.29, 1.82) is 0 Å². The third-order valence-electron chi connectivity index (χ3n) is 2.53. The Kier molecular flexibility index (Phi) is 1.97. The van der Waals surface area contributed by atoms with Crippen molar-refractivity contribution in [3.05, 3.63) is 36.4 Å². The molecule has 0 aromatic heterocycles.